The zero-order valence-electron chi connectivity index (χ0n) is 10.3. The van der Waals surface area contributed by atoms with Gasteiger partial charge >= 0.3 is 12.3 Å². The highest BCUT2D eigenvalue weighted by atomic mass is 16.7. The van der Waals surface area contributed by atoms with E-state index in [9.17, 15) is 9.59 Å². The van der Waals surface area contributed by atoms with Crippen molar-refractivity contribution in [2.45, 2.75) is 0 Å². The highest BCUT2D eigenvalue weighted by Crippen LogP contribution is 2.19. The fraction of sp³-hybridized carbons (Fsp3) is 0. The van der Waals surface area contributed by atoms with Crippen molar-refractivity contribution < 1.29 is 29.3 Å². The third-order valence-electron chi connectivity index (χ3n) is 1.90. The predicted octanol–water partition coefficient (Wildman–Crippen LogP) is 3.84. The molecule has 0 saturated carbocycles. The molecule has 2 aromatic rings. The Morgan fingerprint density at radius 3 is 1.30 bits per heavy atom. The van der Waals surface area contributed by atoms with Gasteiger partial charge in [0.15, 0.2) is 0 Å². The number of para-hydroxylation sites is 2. The molecule has 0 unspecified atom stereocenters. The lowest BCUT2D eigenvalue weighted by molar-refractivity contribution is 0.0802. The molecule has 2 rings (SSSR count). The molecule has 0 aliphatic rings. The van der Waals surface area contributed by atoms with E-state index in [0.717, 1.165) is 11.5 Å². The van der Waals surface area contributed by atoms with Gasteiger partial charge in [-0.15, -0.1) is 0 Å². The second-order valence-electron chi connectivity index (χ2n) is 3.36. The van der Waals surface area contributed by atoms with Gasteiger partial charge in [0.2, 0.25) is 0 Å². The van der Waals surface area contributed by atoms with Crippen molar-refractivity contribution in [1.82, 2.24) is 0 Å². The van der Waals surface area contributed by atoms with Crippen LogP contribution in [-0.2, 0) is 4.74 Å². The minimum absolute atomic E-state index is 0.869. The van der Waals surface area contributed by atoms with Crippen molar-refractivity contribution in [2.75, 3.05) is 0 Å². The lowest BCUT2D eigenvalue weighted by Crippen LogP contribution is -2.05. The first-order valence-electron chi connectivity index (χ1n) is 5.49. The molecule has 20 heavy (non-hydrogen) atoms. The summed E-state index contributed by atoms with van der Waals surface area (Å²) in [4.78, 5) is 18.4. The molecular weight excluding hydrogens is 264 g/mol. The lowest BCUT2D eigenvalue weighted by Gasteiger charge is -2.03. The molecule has 6 nitrogen and oxygen atoms in total. The molecular formula is C14H12O6. The van der Waals surface area contributed by atoms with E-state index in [1.807, 2.05) is 60.7 Å². The van der Waals surface area contributed by atoms with Gasteiger partial charge in [0.05, 0.1) is 0 Å². The summed E-state index contributed by atoms with van der Waals surface area (Å²) in [7, 11) is 0. The van der Waals surface area contributed by atoms with Crippen molar-refractivity contribution in [2.24, 2.45) is 0 Å². The number of rotatable bonds is 2. The third kappa shape index (κ3) is 6.65. The average Bonchev–Trinajstić information content (AvgIpc) is 2.40. The fourth-order valence-electron chi connectivity index (χ4n) is 1.19. The summed E-state index contributed by atoms with van der Waals surface area (Å²) < 4.78 is 8.66. The van der Waals surface area contributed by atoms with Crippen LogP contribution in [0.3, 0.4) is 0 Å². The second kappa shape index (κ2) is 8.15. The van der Waals surface area contributed by atoms with Gasteiger partial charge in [0.1, 0.15) is 11.5 Å². The molecule has 2 N–H and O–H groups in total. The fourth-order valence-corrected chi connectivity index (χ4v) is 1.19. The Morgan fingerprint density at radius 1 is 0.700 bits per heavy atom. The largest absolute Gasteiger partial charge is 0.516 e. The Hall–Kier alpha value is -3.02. The van der Waals surface area contributed by atoms with Crippen LogP contribution in [0.2, 0.25) is 0 Å². The standard InChI is InChI=1S/C12H10O.C2H2O5/c1-3-7-11(8-4-1)13-12-9-5-2-6-10-12;3-1(4)7-2(5)6/h1-10H;(H,3,4)(H,5,6). The monoisotopic (exact) mass is 276 g/mol. The van der Waals surface area contributed by atoms with Crippen molar-refractivity contribution in [1.29, 1.82) is 0 Å². The molecule has 0 saturated heterocycles. The predicted molar refractivity (Wildman–Crippen MR) is 70.1 cm³/mol. The summed E-state index contributed by atoms with van der Waals surface area (Å²) >= 11 is 0. The van der Waals surface area contributed by atoms with E-state index in [1.165, 1.54) is 0 Å². The molecule has 0 spiro atoms. The average molecular weight is 276 g/mol. The summed E-state index contributed by atoms with van der Waals surface area (Å²) in [5, 5.41) is 15.0. The van der Waals surface area contributed by atoms with Gasteiger partial charge in [-0.1, -0.05) is 36.4 Å². The normalized spacial score (nSPS) is 8.80. The maximum atomic E-state index is 9.21. The Bertz CT molecular complexity index is 489. The number of benzene rings is 2. The van der Waals surface area contributed by atoms with Gasteiger partial charge in [-0.25, -0.2) is 9.59 Å². The molecule has 0 aliphatic carbocycles. The number of carboxylic acid groups (broad SMARTS) is 2. The topological polar surface area (TPSA) is 93.1 Å². The SMILES string of the molecule is O=C(O)OC(=O)O.c1ccc(Oc2ccccc2)cc1. The lowest BCUT2D eigenvalue weighted by atomic mass is 10.3. The van der Waals surface area contributed by atoms with Crippen LogP contribution < -0.4 is 4.74 Å². The molecule has 2 aromatic carbocycles. The van der Waals surface area contributed by atoms with Gasteiger partial charge in [-0.3, -0.25) is 0 Å². The second-order valence-corrected chi connectivity index (χ2v) is 3.36. The summed E-state index contributed by atoms with van der Waals surface area (Å²) in [5.74, 6) is 1.74. The highest BCUT2D eigenvalue weighted by Gasteiger charge is 2.01. The minimum atomic E-state index is -1.81. The summed E-state index contributed by atoms with van der Waals surface area (Å²) in [6.07, 6.45) is -3.62. The van der Waals surface area contributed by atoms with Crippen LogP contribution >= 0.6 is 0 Å². The molecule has 0 fully saturated rings. The van der Waals surface area contributed by atoms with Gasteiger partial charge in [0.25, 0.3) is 0 Å². The molecule has 104 valence electrons. The van der Waals surface area contributed by atoms with Crippen molar-refractivity contribution >= 4 is 12.3 Å². The number of hydrogen-bond acceptors (Lipinski definition) is 4. The first-order chi connectivity index (χ1) is 9.58. The van der Waals surface area contributed by atoms with Crippen LogP contribution in [0, 0.1) is 0 Å². The molecule has 0 radical (unpaired) electrons. The summed E-state index contributed by atoms with van der Waals surface area (Å²) in [5.41, 5.74) is 0. The van der Waals surface area contributed by atoms with E-state index in [1.54, 1.807) is 0 Å². The first-order valence-corrected chi connectivity index (χ1v) is 5.49. The van der Waals surface area contributed by atoms with Crippen LogP contribution in [0.1, 0.15) is 0 Å². The summed E-state index contributed by atoms with van der Waals surface area (Å²) in [6.45, 7) is 0. The number of carbonyl (C=O) groups is 2. The molecule has 6 heteroatoms. The Labute approximate surface area is 114 Å². The zero-order valence-corrected chi connectivity index (χ0v) is 10.3. The molecule has 0 bridgehead atoms. The Balaban J connectivity index is 0.000000246. The summed E-state index contributed by atoms with van der Waals surface area (Å²) in [6, 6.07) is 19.5. The van der Waals surface area contributed by atoms with Crippen molar-refractivity contribution in [3.8, 4) is 11.5 Å². The molecule has 0 amide bonds. The van der Waals surface area contributed by atoms with Crippen molar-refractivity contribution in [3.05, 3.63) is 60.7 Å². The van der Waals surface area contributed by atoms with E-state index >= 15 is 0 Å². The van der Waals surface area contributed by atoms with Gasteiger partial charge < -0.3 is 19.7 Å². The smallest absolute Gasteiger partial charge is 0.457 e. The van der Waals surface area contributed by atoms with E-state index in [2.05, 4.69) is 4.74 Å². The van der Waals surface area contributed by atoms with E-state index in [4.69, 9.17) is 14.9 Å². The van der Waals surface area contributed by atoms with Crippen LogP contribution in [0.15, 0.2) is 60.7 Å². The van der Waals surface area contributed by atoms with Crippen LogP contribution in [0.5, 0.6) is 11.5 Å². The highest BCUT2D eigenvalue weighted by molar-refractivity contribution is 5.74. The molecule has 0 heterocycles. The van der Waals surface area contributed by atoms with Gasteiger partial charge in [0, 0.05) is 0 Å². The van der Waals surface area contributed by atoms with Crippen LogP contribution in [0.4, 0.5) is 9.59 Å². The van der Waals surface area contributed by atoms with E-state index < -0.39 is 12.3 Å². The maximum absolute atomic E-state index is 9.21. The Kier molecular flexibility index (Phi) is 6.13. The van der Waals surface area contributed by atoms with E-state index in [-0.39, 0.29) is 0 Å². The van der Waals surface area contributed by atoms with Gasteiger partial charge in [-0.2, -0.15) is 0 Å². The van der Waals surface area contributed by atoms with E-state index in [0.29, 0.717) is 0 Å². The molecule has 0 aromatic heterocycles. The van der Waals surface area contributed by atoms with Crippen molar-refractivity contribution in [3.63, 3.8) is 0 Å². The minimum Gasteiger partial charge on any atom is -0.457 e. The first kappa shape index (κ1) is 15.0. The van der Waals surface area contributed by atoms with Crippen LogP contribution in [0.25, 0.3) is 0 Å². The van der Waals surface area contributed by atoms with Crippen LogP contribution in [-0.4, -0.2) is 22.5 Å². The number of ether oxygens (including phenoxy) is 2. The maximum Gasteiger partial charge on any atom is 0.516 e. The quantitative estimate of drug-likeness (QED) is 0.639. The molecule has 0 atom stereocenters. The number of hydrogen-bond donors (Lipinski definition) is 2. The third-order valence-corrected chi connectivity index (χ3v) is 1.90. The molecule has 0 aliphatic heterocycles. The van der Waals surface area contributed by atoms with Gasteiger partial charge in [-0.05, 0) is 24.3 Å². The zero-order chi connectivity index (χ0) is 14.8. The Morgan fingerprint density at radius 2 is 1.05 bits per heavy atom.